The lowest BCUT2D eigenvalue weighted by Crippen LogP contribution is -2.41. The summed E-state index contributed by atoms with van der Waals surface area (Å²) in [6, 6.07) is 6.17. The minimum atomic E-state index is -0.00810. The highest BCUT2D eigenvalue weighted by molar-refractivity contribution is 5.93. The van der Waals surface area contributed by atoms with Crippen molar-refractivity contribution in [2.24, 2.45) is 5.92 Å². The number of nitrogens with one attached hydrogen (secondary N) is 2. The molecule has 1 fully saturated rings. The Labute approximate surface area is 164 Å². The number of nitrogens with zero attached hydrogens (tertiary/aromatic N) is 1. The van der Waals surface area contributed by atoms with Crippen LogP contribution in [0.1, 0.15) is 33.8 Å². The molecule has 28 heavy (non-hydrogen) atoms. The van der Waals surface area contributed by atoms with Gasteiger partial charge in [-0.25, -0.2) is 0 Å². The van der Waals surface area contributed by atoms with E-state index in [0.717, 1.165) is 34.6 Å². The summed E-state index contributed by atoms with van der Waals surface area (Å²) in [5.41, 5.74) is 6.52. The Hall–Kier alpha value is -2.60. The number of aromatic amines is 1. The van der Waals surface area contributed by atoms with Crippen LogP contribution in [0, 0.1) is 33.6 Å². The molecule has 0 radical (unpaired) electrons. The zero-order valence-electron chi connectivity index (χ0n) is 16.9. The summed E-state index contributed by atoms with van der Waals surface area (Å²) in [5, 5.41) is 8.29. The molecule has 2 atom stereocenters. The van der Waals surface area contributed by atoms with Crippen molar-refractivity contribution in [2.75, 3.05) is 13.2 Å². The molecule has 0 aliphatic carbocycles. The first-order chi connectivity index (χ1) is 13.4. The zero-order chi connectivity index (χ0) is 19.8. The van der Waals surface area contributed by atoms with Crippen LogP contribution in [0.25, 0.3) is 10.9 Å². The smallest absolute Gasteiger partial charge is 0.224 e. The molecule has 0 spiro atoms. The molecule has 2 aromatic heterocycles. The van der Waals surface area contributed by atoms with Crippen molar-refractivity contribution in [3.8, 4) is 0 Å². The molecule has 0 saturated carbocycles. The Morgan fingerprint density at radius 1 is 1.21 bits per heavy atom. The van der Waals surface area contributed by atoms with E-state index >= 15 is 0 Å². The molecule has 1 aromatic carbocycles. The fourth-order valence-corrected chi connectivity index (χ4v) is 4.18. The molecule has 3 aromatic rings. The topological polar surface area (TPSA) is 80.1 Å². The van der Waals surface area contributed by atoms with Gasteiger partial charge in [-0.2, -0.15) is 0 Å². The van der Waals surface area contributed by atoms with E-state index < -0.39 is 0 Å². The molecule has 0 bridgehead atoms. The van der Waals surface area contributed by atoms with Crippen LogP contribution < -0.4 is 5.32 Å². The van der Waals surface area contributed by atoms with E-state index in [0.29, 0.717) is 19.6 Å². The average Bonchev–Trinajstić information content (AvgIpc) is 3.33. The summed E-state index contributed by atoms with van der Waals surface area (Å²) in [4.78, 5) is 16.3. The van der Waals surface area contributed by atoms with Gasteiger partial charge in [0.2, 0.25) is 5.91 Å². The standard InChI is InChI=1S/C22H27N3O3/c1-12-5-6-13(2)22-21(12)18(15(4)23-22)9-20(26)24-19-11-27-10-16(19)8-17-7-14(3)25-28-17/h5-7,16,19,23H,8-11H2,1-4H3,(H,24,26)/t16-,19+/m1/s1. The van der Waals surface area contributed by atoms with Gasteiger partial charge in [-0.1, -0.05) is 17.3 Å². The van der Waals surface area contributed by atoms with Crippen LogP contribution >= 0.6 is 0 Å². The second kappa shape index (κ2) is 7.43. The number of hydrogen-bond acceptors (Lipinski definition) is 4. The third-order valence-electron chi connectivity index (χ3n) is 5.71. The number of aromatic nitrogens is 2. The van der Waals surface area contributed by atoms with Gasteiger partial charge in [0.15, 0.2) is 0 Å². The first-order valence-electron chi connectivity index (χ1n) is 9.79. The molecule has 148 valence electrons. The average molecular weight is 381 g/mol. The van der Waals surface area contributed by atoms with E-state index in [2.05, 4.69) is 41.4 Å². The minimum Gasteiger partial charge on any atom is -0.379 e. The van der Waals surface area contributed by atoms with Crippen LogP contribution in [-0.4, -0.2) is 35.3 Å². The maximum atomic E-state index is 12.8. The number of carbonyl (C=O) groups is 1. The number of carbonyl (C=O) groups excluding carboxylic acids is 1. The molecule has 1 aliphatic rings. The summed E-state index contributed by atoms with van der Waals surface area (Å²) in [5.74, 6) is 1.06. The van der Waals surface area contributed by atoms with E-state index in [9.17, 15) is 4.79 Å². The fourth-order valence-electron chi connectivity index (χ4n) is 4.18. The first-order valence-corrected chi connectivity index (χ1v) is 9.79. The lowest BCUT2D eigenvalue weighted by Gasteiger charge is -2.18. The predicted molar refractivity (Wildman–Crippen MR) is 107 cm³/mol. The molecule has 6 nitrogen and oxygen atoms in total. The van der Waals surface area contributed by atoms with Crippen LogP contribution in [0.2, 0.25) is 0 Å². The van der Waals surface area contributed by atoms with E-state index in [1.54, 1.807) is 0 Å². The van der Waals surface area contributed by atoms with Crippen molar-refractivity contribution in [2.45, 2.75) is 46.6 Å². The predicted octanol–water partition coefficient (Wildman–Crippen LogP) is 3.31. The zero-order valence-corrected chi connectivity index (χ0v) is 16.9. The summed E-state index contributed by atoms with van der Waals surface area (Å²) in [7, 11) is 0. The van der Waals surface area contributed by atoms with E-state index in [1.807, 2.05) is 19.9 Å². The van der Waals surface area contributed by atoms with Crippen molar-refractivity contribution >= 4 is 16.8 Å². The Bertz CT molecular complexity index is 1020. The van der Waals surface area contributed by atoms with Crippen LogP contribution in [0.3, 0.4) is 0 Å². The summed E-state index contributed by atoms with van der Waals surface area (Å²) in [6.45, 7) is 9.29. The Morgan fingerprint density at radius 3 is 2.75 bits per heavy atom. The van der Waals surface area contributed by atoms with Gasteiger partial charge in [0.1, 0.15) is 5.76 Å². The highest BCUT2D eigenvalue weighted by atomic mass is 16.5. The van der Waals surface area contributed by atoms with Crippen LogP contribution in [0.4, 0.5) is 0 Å². The lowest BCUT2D eigenvalue weighted by molar-refractivity contribution is -0.121. The normalized spacial score (nSPS) is 19.4. The highest BCUT2D eigenvalue weighted by Gasteiger charge is 2.31. The third-order valence-corrected chi connectivity index (χ3v) is 5.71. The van der Waals surface area contributed by atoms with Gasteiger partial charge in [0, 0.05) is 35.0 Å². The quantitative estimate of drug-likeness (QED) is 0.711. The van der Waals surface area contributed by atoms with Crippen molar-refractivity contribution in [3.63, 3.8) is 0 Å². The molecule has 1 amide bonds. The molecule has 2 N–H and O–H groups in total. The first kappa shape index (κ1) is 18.7. The molecule has 1 saturated heterocycles. The van der Waals surface area contributed by atoms with Crippen LogP contribution in [-0.2, 0) is 22.4 Å². The van der Waals surface area contributed by atoms with Crippen molar-refractivity contribution < 1.29 is 14.1 Å². The van der Waals surface area contributed by atoms with Gasteiger partial charge >= 0.3 is 0 Å². The minimum absolute atomic E-state index is 0.00810. The molecule has 3 heterocycles. The molecular weight excluding hydrogens is 354 g/mol. The Balaban J connectivity index is 1.48. The second-order valence-electron chi connectivity index (χ2n) is 7.96. The van der Waals surface area contributed by atoms with Crippen molar-refractivity contribution in [3.05, 3.63) is 52.0 Å². The Kier molecular flexibility index (Phi) is 4.98. The number of fused-ring (bicyclic) bond motifs is 1. The number of ether oxygens (including phenoxy) is 1. The maximum Gasteiger partial charge on any atom is 0.224 e. The number of aryl methyl sites for hydroxylation is 4. The fraction of sp³-hybridized carbons (Fsp3) is 0.455. The summed E-state index contributed by atoms with van der Waals surface area (Å²) in [6.07, 6.45) is 1.08. The van der Waals surface area contributed by atoms with Crippen LogP contribution in [0.5, 0.6) is 0 Å². The summed E-state index contributed by atoms with van der Waals surface area (Å²) >= 11 is 0. The monoisotopic (exact) mass is 381 g/mol. The third kappa shape index (κ3) is 3.56. The number of hydrogen-bond donors (Lipinski definition) is 2. The highest BCUT2D eigenvalue weighted by Crippen LogP contribution is 2.28. The van der Waals surface area contributed by atoms with Gasteiger partial charge in [-0.05, 0) is 44.4 Å². The number of H-pyrrole nitrogens is 1. The second-order valence-corrected chi connectivity index (χ2v) is 7.96. The molecule has 4 rings (SSSR count). The van der Waals surface area contributed by atoms with E-state index in [-0.39, 0.29) is 17.9 Å². The number of benzene rings is 1. The van der Waals surface area contributed by atoms with E-state index in [4.69, 9.17) is 9.26 Å². The maximum absolute atomic E-state index is 12.8. The molecule has 6 heteroatoms. The van der Waals surface area contributed by atoms with E-state index in [1.165, 1.54) is 16.5 Å². The van der Waals surface area contributed by atoms with Gasteiger partial charge in [0.25, 0.3) is 0 Å². The van der Waals surface area contributed by atoms with Gasteiger partial charge in [0.05, 0.1) is 31.4 Å². The SMILES string of the molecule is Cc1cc(C[C@@H]2COC[C@@H]2NC(=O)Cc2c(C)[nH]c3c(C)ccc(C)c23)on1. The van der Waals surface area contributed by atoms with Gasteiger partial charge < -0.3 is 19.6 Å². The number of rotatable bonds is 5. The molecular formula is C22H27N3O3. The molecule has 1 aliphatic heterocycles. The molecule has 0 unspecified atom stereocenters. The summed E-state index contributed by atoms with van der Waals surface area (Å²) < 4.78 is 11.0. The van der Waals surface area contributed by atoms with Crippen molar-refractivity contribution in [1.82, 2.24) is 15.5 Å². The van der Waals surface area contributed by atoms with Crippen molar-refractivity contribution in [1.29, 1.82) is 0 Å². The Morgan fingerprint density at radius 2 is 2.00 bits per heavy atom. The van der Waals surface area contributed by atoms with Gasteiger partial charge in [-0.3, -0.25) is 4.79 Å². The van der Waals surface area contributed by atoms with Crippen LogP contribution in [0.15, 0.2) is 22.7 Å². The largest absolute Gasteiger partial charge is 0.379 e. The lowest BCUT2D eigenvalue weighted by atomic mass is 9.97. The number of amides is 1. The van der Waals surface area contributed by atoms with Gasteiger partial charge in [-0.15, -0.1) is 0 Å².